The lowest BCUT2D eigenvalue weighted by Gasteiger charge is -2.36. The second-order valence-corrected chi connectivity index (χ2v) is 4.85. The van der Waals surface area contributed by atoms with Crippen molar-refractivity contribution in [2.24, 2.45) is 0 Å². The molecule has 0 amide bonds. The Morgan fingerprint density at radius 3 is 2.53 bits per heavy atom. The van der Waals surface area contributed by atoms with Crippen LogP contribution in [0.2, 0.25) is 0 Å². The van der Waals surface area contributed by atoms with Gasteiger partial charge in [-0.3, -0.25) is 0 Å². The van der Waals surface area contributed by atoms with Gasteiger partial charge in [0.15, 0.2) is 5.82 Å². The van der Waals surface area contributed by atoms with Gasteiger partial charge < -0.3 is 9.80 Å². The number of likely N-dealkylation sites (N-methyl/N-ethyl adjacent to an activating group) is 1. The predicted octanol–water partition coefficient (Wildman–Crippen LogP) is 2.80. The van der Waals surface area contributed by atoms with Gasteiger partial charge in [-0.05, 0) is 24.3 Å². The van der Waals surface area contributed by atoms with Crippen molar-refractivity contribution in [2.45, 2.75) is 5.88 Å². The maximum atomic E-state index is 5.74. The summed E-state index contributed by atoms with van der Waals surface area (Å²) in [4.78, 5) is 4.45. The summed E-state index contributed by atoms with van der Waals surface area (Å²) in [7, 11) is 2.11. The lowest BCUT2D eigenvalue weighted by molar-refractivity contribution is 0.800. The van der Waals surface area contributed by atoms with Crippen LogP contribution in [0.25, 0.3) is 0 Å². The van der Waals surface area contributed by atoms with E-state index in [0.717, 1.165) is 24.6 Å². The number of hydrogen-bond donors (Lipinski definition) is 0. The molecule has 0 fully saturated rings. The fraction of sp³-hybridized carbons (Fsp3) is 0.286. The van der Waals surface area contributed by atoms with E-state index in [-0.39, 0.29) is 0 Å². The van der Waals surface area contributed by atoms with Crippen molar-refractivity contribution in [3.63, 3.8) is 0 Å². The van der Waals surface area contributed by atoms with E-state index in [2.05, 4.69) is 45.2 Å². The summed E-state index contributed by atoms with van der Waals surface area (Å²) in [5, 5.41) is 8.40. The molecule has 3 rings (SSSR count). The second-order valence-electron chi connectivity index (χ2n) is 4.58. The number of para-hydroxylation sites is 2. The smallest absolute Gasteiger partial charge is 0.155 e. The summed E-state index contributed by atoms with van der Waals surface area (Å²) in [6.07, 6.45) is 0. The number of benzene rings is 1. The maximum Gasteiger partial charge on any atom is 0.155 e. The van der Waals surface area contributed by atoms with E-state index in [1.165, 1.54) is 11.4 Å². The van der Waals surface area contributed by atoms with Crippen molar-refractivity contribution in [1.82, 2.24) is 10.2 Å². The molecule has 2 aromatic rings. The Hall–Kier alpha value is -1.81. The highest BCUT2D eigenvalue weighted by atomic mass is 35.5. The van der Waals surface area contributed by atoms with Crippen LogP contribution in [0.15, 0.2) is 36.4 Å². The van der Waals surface area contributed by atoms with Crippen LogP contribution >= 0.6 is 11.6 Å². The average Bonchev–Trinajstić information content (AvgIpc) is 2.48. The van der Waals surface area contributed by atoms with Crippen LogP contribution in [-0.2, 0) is 5.88 Å². The predicted molar refractivity (Wildman–Crippen MR) is 78.3 cm³/mol. The highest BCUT2D eigenvalue weighted by molar-refractivity contribution is 6.16. The molecule has 19 heavy (non-hydrogen) atoms. The Bertz CT molecular complexity index is 570. The molecule has 0 aliphatic carbocycles. The van der Waals surface area contributed by atoms with Gasteiger partial charge in [0.1, 0.15) is 0 Å². The molecule has 0 atom stereocenters. The topological polar surface area (TPSA) is 32.3 Å². The fourth-order valence-electron chi connectivity index (χ4n) is 2.31. The van der Waals surface area contributed by atoms with Gasteiger partial charge in [0, 0.05) is 20.1 Å². The summed E-state index contributed by atoms with van der Waals surface area (Å²) >= 11 is 5.74. The van der Waals surface area contributed by atoms with Crippen molar-refractivity contribution < 1.29 is 0 Å². The molecule has 0 saturated heterocycles. The van der Waals surface area contributed by atoms with Crippen LogP contribution in [0.4, 0.5) is 17.2 Å². The number of anilines is 3. The van der Waals surface area contributed by atoms with E-state index in [1.54, 1.807) is 0 Å². The zero-order valence-corrected chi connectivity index (χ0v) is 11.5. The number of aromatic nitrogens is 2. The van der Waals surface area contributed by atoms with Gasteiger partial charge in [-0.25, -0.2) is 0 Å². The van der Waals surface area contributed by atoms with Gasteiger partial charge in [0.2, 0.25) is 0 Å². The molecule has 5 heteroatoms. The summed E-state index contributed by atoms with van der Waals surface area (Å²) < 4.78 is 0. The number of rotatable bonds is 2. The molecular formula is C14H15ClN4. The molecule has 0 spiro atoms. The van der Waals surface area contributed by atoms with Crippen LogP contribution in [0.1, 0.15) is 5.69 Å². The Kier molecular flexibility index (Phi) is 3.25. The molecule has 1 aliphatic rings. The van der Waals surface area contributed by atoms with Crippen molar-refractivity contribution in [3.8, 4) is 0 Å². The largest absolute Gasteiger partial charge is 0.371 e. The second kappa shape index (κ2) is 5.05. The summed E-state index contributed by atoms with van der Waals surface area (Å²) in [5.74, 6) is 1.27. The third-order valence-electron chi connectivity index (χ3n) is 3.36. The molecule has 4 nitrogen and oxygen atoms in total. The van der Waals surface area contributed by atoms with Crippen molar-refractivity contribution in [2.75, 3.05) is 29.9 Å². The quantitative estimate of drug-likeness (QED) is 0.789. The average molecular weight is 275 g/mol. The van der Waals surface area contributed by atoms with Crippen LogP contribution < -0.4 is 9.80 Å². The lowest BCUT2D eigenvalue weighted by atomic mass is 10.1. The summed E-state index contributed by atoms with van der Waals surface area (Å²) in [5.41, 5.74) is 3.19. The lowest BCUT2D eigenvalue weighted by Crippen LogP contribution is -2.36. The zero-order chi connectivity index (χ0) is 13.2. The zero-order valence-electron chi connectivity index (χ0n) is 10.8. The first-order chi connectivity index (χ1) is 9.29. The Labute approximate surface area is 117 Å². The SMILES string of the molecule is CN1CCN(c2ccc(CCl)nn2)c2ccccc21. The third kappa shape index (κ3) is 2.24. The van der Waals surface area contributed by atoms with Gasteiger partial charge >= 0.3 is 0 Å². The van der Waals surface area contributed by atoms with Gasteiger partial charge in [0.25, 0.3) is 0 Å². The number of alkyl halides is 1. The molecule has 0 N–H and O–H groups in total. The van der Waals surface area contributed by atoms with E-state index in [9.17, 15) is 0 Å². The first kappa shape index (κ1) is 12.2. The van der Waals surface area contributed by atoms with Gasteiger partial charge in [0.05, 0.1) is 22.9 Å². The van der Waals surface area contributed by atoms with E-state index in [4.69, 9.17) is 11.6 Å². The van der Waals surface area contributed by atoms with E-state index in [0.29, 0.717) is 5.88 Å². The summed E-state index contributed by atoms with van der Waals surface area (Å²) in [6, 6.07) is 12.2. The molecule has 2 heterocycles. The van der Waals surface area contributed by atoms with Crippen LogP contribution in [-0.4, -0.2) is 30.3 Å². The summed E-state index contributed by atoms with van der Waals surface area (Å²) in [6.45, 7) is 1.87. The normalized spacial score (nSPS) is 14.4. The minimum absolute atomic E-state index is 0.395. The van der Waals surface area contributed by atoms with Crippen LogP contribution in [0.3, 0.4) is 0 Å². The fourth-order valence-corrected chi connectivity index (χ4v) is 2.45. The van der Waals surface area contributed by atoms with Crippen LogP contribution in [0.5, 0.6) is 0 Å². The van der Waals surface area contributed by atoms with E-state index >= 15 is 0 Å². The van der Waals surface area contributed by atoms with E-state index < -0.39 is 0 Å². The first-order valence-electron chi connectivity index (χ1n) is 6.26. The molecule has 0 bridgehead atoms. The number of fused-ring (bicyclic) bond motifs is 1. The number of hydrogen-bond acceptors (Lipinski definition) is 4. The maximum absolute atomic E-state index is 5.74. The van der Waals surface area contributed by atoms with Crippen molar-refractivity contribution in [1.29, 1.82) is 0 Å². The number of nitrogens with zero attached hydrogens (tertiary/aromatic N) is 4. The van der Waals surface area contributed by atoms with Gasteiger partial charge in [-0.15, -0.1) is 16.7 Å². The van der Waals surface area contributed by atoms with Gasteiger partial charge in [-0.1, -0.05) is 12.1 Å². The standard InChI is InChI=1S/C14H15ClN4/c1-18-8-9-19(13-5-3-2-4-12(13)18)14-7-6-11(10-15)16-17-14/h2-7H,8-10H2,1H3. The van der Waals surface area contributed by atoms with E-state index in [1.807, 2.05) is 18.2 Å². The molecule has 0 saturated carbocycles. The minimum atomic E-state index is 0.395. The molecule has 1 aromatic heterocycles. The highest BCUT2D eigenvalue weighted by Crippen LogP contribution is 2.35. The molecule has 1 aromatic carbocycles. The first-order valence-corrected chi connectivity index (χ1v) is 6.79. The Balaban J connectivity index is 1.99. The third-order valence-corrected chi connectivity index (χ3v) is 3.64. The van der Waals surface area contributed by atoms with Crippen molar-refractivity contribution >= 4 is 28.8 Å². The number of halogens is 1. The molecular weight excluding hydrogens is 260 g/mol. The monoisotopic (exact) mass is 274 g/mol. The Morgan fingerprint density at radius 2 is 1.84 bits per heavy atom. The van der Waals surface area contributed by atoms with Gasteiger partial charge in [-0.2, -0.15) is 5.10 Å². The van der Waals surface area contributed by atoms with Crippen LogP contribution in [0, 0.1) is 0 Å². The molecule has 0 unspecified atom stereocenters. The highest BCUT2D eigenvalue weighted by Gasteiger charge is 2.21. The molecule has 98 valence electrons. The Morgan fingerprint density at radius 1 is 1.05 bits per heavy atom. The molecule has 0 radical (unpaired) electrons. The molecule has 1 aliphatic heterocycles. The minimum Gasteiger partial charge on any atom is -0.371 e. The van der Waals surface area contributed by atoms with Crippen molar-refractivity contribution in [3.05, 3.63) is 42.1 Å².